The van der Waals surface area contributed by atoms with Crippen molar-refractivity contribution in [2.45, 2.75) is 45.6 Å². The van der Waals surface area contributed by atoms with Crippen LogP contribution in [-0.4, -0.2) is 39.9 Å². The van der Waals surface area contributed by atoms with E-state index in [1.165, 1.54) is 6.33 Å². The molecule has 1 aliphatic rings. The van der Waals surface area contributed by atoms with Gasteiger partial charge in [-0.05, 0) is 31.6 Å². The lowest BCUT2D eigenvalue weighted by molar-refractivity contribution is 0.0678. The van der Waals surface area contributed by atoms with Crippen molar-refractivity contribution in [3.8, 4) is 0 Å². The third-order valence-corrected chi connectivity index (χ3v) is 4.09. The summed E-state index contributed by atoms with van der Waals surface area (Å²) in [6, 6.07) is 0.207. The number of hydrogen-bond acceptors (Lipinski definition) is 4. The van der Waals surface area contributed by atoms with Crippen LogP contribution in [0.2, 0.25) is 0 Å². The predicted octanol–water partition coefficient (Wildman–Crippen LogP) is 1.80. The summed E-state index contributed by atoms with van der Waals surface area (Å²) in [5, 5.41) is 0. The van der Waals surface area contributed by atoms with Gasteiger partial charge in [0.25, 0.3) is 5.91 Å². The molecule has 0 bridgehead atoms. The number of carbonyl (C=O) groups excluding carboxylic acids is 1. The molecular formula is C15H24N4O. The van der Waals surface area contributed by atoms with Crippen LogP contribution in [0.15, 0.2) is 12.5 Å². The summed E-state index contributed by atoms with van der Waals surface area (Å²) in [4.78, 5) is 22.8. The minimum absolute atomic E-state index is 0.0532. The molecule has 20 heavy (non-hydrogen) atoms. The highest BCUT2D eigenvalue weighted by Crippen LogP contribution is 2.23. The van der Waals surface area contributed by atoms with Gasteiger partial charge in [-0.2, -0.15) is 0 Å². The van der Waals surface area contributed by atoms with Crippen LogP contribution >= 0.6 is 0 Å². The van der Waals surface area contributed by atoms with Gasteiger partial charge < -0.3 is 10.6 Å². The van der Waals surface area contributed by atoms with E-state index in [0.717, 1.165) is 31.6 Å². The van der Waals surface area contributed by atoms with Crippen molar-refractivity contribution < 1.29 is 4.79 Å². The van der Waals surface area contributed by atoms with Crippen LogP contribution in [0.4, 0.5) is 0 Å². The summed E-state index contributed by atoms with van der Waals surface area (Å²) in [6.07, 6.45) is 5.11. The van der Waals surface area contributed by atoms with Crippen molar-refractivity contribution in [3.05, 3.63) is 23.8 Å². The minimum atomic E-state index is 0.0532. The van der Waals surface area contributed by atoms with Crippen LogP contribution in [0.5, 0.6) is 0 Å². The van der Waals surface area contributed by atoms with E-state index in [9.17, 15) is 4.79 Å². The second-order valence-electron chi connectivity index (χ2n) is 5.97. The summed E-state index contributed by atoms with van der Waals surface area (Å²) >= 11 is 0. The Morgan fingerprint density at radius 3 is 2.55 bits per heavy atom. The summed E-state index contributed by atoms with van der Waals surface area (Å²) in [5.41, 5.74) is 7.41. The molecule has 1 aromatic rings. The van der Waals surface area contributed by atoms with E-state index in [2.05, 4.69) is 9.97 Å². The first-order valence-corrected chi connectivity index (χ1v) is 7.35. The van der Waals surface area contributed by atoms with Gasteiger partial charge in [-0.15, -0.1) is 0 Å². The van der Waals surface area contributed by atoms with Gasteiger partial charge in [0.2, 0.25) is 0 Å². The second kappa shape index (κ2) is 6.31. The lowest BCUT2D eigenvalue weighted by atomic mass is 9.90. The maximum absolute atomic E-state index is 12.6. The molecule has 5 heteroatoms. The van der Waals surface area contributed by atoms with Gasteiger partial charge in [-0.3, -0.25) is 4.79 Å². The largest absolute Gasteiger partial charge is 0.339 e. The zero-order valence-corrected chi connectivity index (χ0v) is 12.5. The Hall–Kier alpha value is -1.49. The van der Waals surface area contributed by atoms with E-state index in [-0.39, 0.29) is 17.9 Å². The lowest BCUT2D eigenvalue weighted by Gasteiger charge is -2.34. The molecule has 0 aromatic carbocycles. The van der Waals surface area contributed by atoms with E-state index >= 15 is 0 Å². The van der Waals surface area contributed by atoms with Crippen LogP contribution in [0.3, 0.4) is 0 Å². The fourth-order valence-electron chi connectivity index (χ4n) is 2.76. The zero-order chi connectivity index (χ0) is 14.7. The third kappa shape index (κ3) is 3.15. The first kappa shape index (κ1) is 14.9. The SMILES string of the molecule is CC(C)c1ncncc1C(=O)N1CCC(C(C)N)CC1. The number of hydrogen-bond donors (Lipinski definition) is 1. The Bertz CT molecular complexity index is 465. The van der Waals surface area contributed by atoms with Gasteiger partial charge in [-0.1, -0.05) is 13.8 Å². The van der Waals surface area contributed by atoms with Crippen LogP contribution in [-0.2, 0) is 0 Å². The van der Waals surface area contributed by atoms with Crippen molar-refractivity contribution in [2.24, 2.45) is 11.7 Å². The van der Waals surface area contributed by atoms with E-state index in [1.54, 1.807) is 6.20 Å². The number of carbonyl (C=O) groups is 1. The fourth-order valence-corrected chi connectivity index (χ4v) is 2.76. The van der Waals surface area contributed by atoms with Crippen molar-refractivity contribution in [3.63, 3.8) is 0 Å². The molecule has 1 fully saturated rings. The molecule has 1 aromatic heterocycles. The molecule has 0 aliphatic carbocycles. The second-order valence-corrected chi connectivity index (χ2v) is 5.97. The Morgan fingerprint density at radius 1 is 1.35 bits per heavy atom. The molecule has 2 heterocycles. The molecule has 5 nitrogen and oxygen atoms in total. The Morgan fingerprint density at radius 2 is 2.00 bits per heavy atom. The molecule has 1 saturated heterocycles. The van der Waals surface area contributed by atoms with Crippen LogP contribution in [0.1, 0.15) is 55.6 Å². The van der Waals surface area contributed by atoms with Crippen molar-refractivity contribution in [1.82, 2.24) is 14.9 Å². The highest BCUT2D eigenvalue weighted by Gasteiger charge is 2.27. The topological polar surface area (TPSA) is 72.1 Å². The number of piperidine rings is 1. The summed E-state index contributed by atoms with van der Waals surface area (Å²) in [5.74, 6) is 0.798. The molecule has 2 rings (SSSR count). The predicted molar refractivity (Wildman–Crippen MR) is 78.4 cm³/mol. The van der Waals surface area contributed by atoms with Crippen LogP contribution < -0.4 is 5.73 Å². The summed E-state index contributed by atoms with van der Waals surface area (Å²) in [7, 11) is 0. The number of nitrogens with zero attached hydrogens (tertiary/aromatic N) is 3. The Kier molecular flexibility index (Phi) is 4.70. The van der Waals surface area contributed by atoms with Gasteiger partial charge >= 0.3 is 0 Å². The quantitative estimate of drug-likeness (QED) is 0.913. The minimum Gasteiger partial charge on any atom is -0.339 e. The summed E-state index contributed by atoms with van der Waals surface area (Å²) < 4.78 is 0. The van der Waals surface area contributed by atoms with Gasteiger partial charge in [0, 0.05) is 25.3 Å². The van der Waals surface area contributed by atoms with Crippen LogP contribution in [0.25, 0.3) is 0 Å². The molecule has 1 aliphatic heterocycles. The normalized spacial score (nSPS) is 18.4. The number of amides is 1. The van der Waals surface area contributed by atoms with Gasteiger partial charge in [0.05, 0.1) is 11.3 Å². The number of rotatable bonds is 3. The maximum Gasteiger partial charge on any atom is 0.257 e. The van der Waals surface area contributed by atoms with Gasteiger partial charge in [-0.25, -0.2) is 9.97 Å². The molecular weight excluding hydrogens is 252 g/mol. The standard InChI is InChI=1S/C15H24N4O/c1-10(2)14-13(8-17-9-18-14)15(20)19-6-4-12(5-7-19)11(3)16/h8-12H,4-7,16H2,1-3H3. The molecule has 0 spiro atoms. The Balaban J connectivity index is 2.10. The highest BCUT2D eigenvalue weighted by molar-refractivity contribution is 5.95. The molecule has 0 radical (unpaired) electrons. The maximum atomic E-state index is 12.6. The average molecular weight is 276 g/mol. The molecule has 1 amide bonds. The number of aromatic nitrogens is 2. The first-order valence-electron chi connectivity index (χ1n) is 7.35. The lowest BCUT2D eigenvalue weighted by Crippen LogP contribution is -2.42. The van der Waals surface area contributed by atoms with Crippen molar-refractivity contribution in [1.29, 1.82) is 0 Å². The zero-order valence-electron chi connectivity index (χ0n) is 12.5. The molecule has 110 valence electrons. The van der Waals surface area contributed by atoms with Gasteiger partial charge in [0.1, 0.15) is 6.33 Å². The number of likely N-dealkylation sites (tertiary alicyclic amines) is 1. The molecule has 1 atom stereocenters. The fraction of sp³-hybridized carbons (Fsp3) is 0.667. The number of nitrogens with two attached hydrogens (primary N) is 1. The third-order valence-electron chi connectivity index (χ3n) is 4.09. The Labute approximate surface area is 120 Å². The molecule has 2 N–H and O–H groups in total. The smallest absolute Gasteiger partial charge is 0.257 e. The van der Waals surface area contributed by atoms with E-state index < -0.39 is 0 Å². The average Bonchev–Trinajstić information content (AvgIpc) is 2.46. The molecule has 0 saturated carbocycles. The molecule has 1 unspecified atom stereocenters. The monoisotopic (exact) mass is 276 g/mol. The highest BCUT2D eigenvalue weighted by atomic mass is 16.2. The van der Waals surface area contributed by atoms with Crippen LogP contribution in [0, 0.1) is 5.92 Å². The van der Waals surface area contributed by atoms with Crippen molar-refractivity contribution >= 4 is 5.91 Å². The van der Waals surface area contributed by atoms with Gasteiger partial charge in [0.15, 0.2) is 0 Å². The van der Waals surface area contributed by atoms with E-state index in [4.69, 9.17) is 5.73 Å². The van der Waals surface area contributed by atoms with E-state index in [0.29, 0.717) is 11.5 Å². The van der Waals surface area contributed by atoms with E-state index in [1.807, 2.05) is 25.7 Å². The first-order chi connectivity index (χ1) is 9.50. The van der Waals surface area contributed by atoms with Crippen molar-refractivity contribution in [2.75, 3.05) is 13.1 Å². The summed E-state index contributed by atoms with van der Waals surface area (Å²) in [6.45, 7) is 7.68.